The number of aliphatic carboxylic acids is 1. The van der Waals surface area contributed by atoms with E-state index in [1.165, 1.54) is 47.6 Å². The first kappa shape index (κ1) is 33.0. The van der Waals surface area contributed by atoms with Gasteiger partial charge in [-0.25, -0.2) is 0 Å². The minimum Gasteiger partial charge on any atom is -0.493 e. The number of ketones is 1. The van der Waals surface area contributed by atoms with E-state index in [1.807, 2.05) is 24.3 Å². The molecule has 3 aromatic carbocycles. The maximum atomic E-state index is 14.5. The fourth-order valence-corrected chi connectivity index (χ4v) is 6.35. The van der Waals surface area contributed by atoms with Gasteiger partial charge >= 0.3 is 5.97 Å². The van der Waals surface area contributed by atoms with Crippen LogP contribution in [0.1, 0.15) is 48.8 Å². The first-order valence-electron chi connectivity index (χ1n) is 14.9. The van der Waals surface area contributed by atoms with Gasteiger partial charge in [-0.05, 0) is 59.9 Å². The first-order valence-corrected chi connectivity index (χ1v) is 14.9. The summed E-state index contributed by atoms with van der Waals surface area (Å²) in [5.41, 5.74) is 3.43. The van der Waals surface area contributed by atoms with Gasteiger partial charge in [-0.3, -0.25) is 19.3 Å². The Balaban J connectivity index is 1.74. The monoisotopic (exact) mass is 646 g/mol. The van der Waals surface area contributed by atoms with Gasteiger partial charge in [0.15, 0.2) is 28.8 Å². The van der Waals surface area contributed by atoms with Crippen LogP contribution < -0.4 is 38.6 Å². The number of carboxylic acids is 1. The van der Waals surface area contributed by atoms with Gasteiger partial charge in [-0.1, -0.05) is 12.1 Å². The van der Waals surface area contributed by atoms with Crippen molar-refractivity contribution in [3.05, 3.63) is 70.9 Å². The molecule has 47 heavy (non-hydrogen) atoms. The van der Waals surface area contributed by atoms with Crippen LogP contribution in [0.3, 0.4) is 0 Å². The van der Waals surface area contributed by atoms with E-state index in [1.54, 1.807) is 24.3 Å². The first-order chi connectivity index (χ1) is 22.7. The van der Waals surface area contributed by atoms with E-state index in [0.29, 0.717) is 69.1 Å². The molecular formula is C35H38N2O10. The van der Waals surface area contributed by atoms with Crippen molar-refractivity contribution in [3.8, 4) is 34.5 Å². The number of ether oxygens (including phenoxy) is 6. The van der Waals surface area contributed by atoms with Crippen molar-refractivity contribution in [3.63, 3.8) is 0 Å². The van der Waals surface area contributed by atoms with Crippen LogP contribution in [0, 0.1) is 0 Å². The van der Waals surface area contributed by atoms with Crippen molar-refractivity contribution in [2.75, 3.05) is 52.9 Å². The fraction of sp³-hybridized carbons (Fsp3) is 0.343. The number of Topliss-reactive ketones (excluding diaryl/α,β-unsaturated/α-hetero) is 1. The number of para-hydroxylation sites is 2. The van der Waals surface area contributed by atoms with Crippen LogP contribution in [0.25, 0.3) is 0 Å². The predicted octanol–water partition coefficient (Wildman–Crippen LogP) is 5.50. The highest BCUT2D eigenvalue weighted by Gasteiger charge is 2.42. The van der Waals surface area contributed by atoms with E-state index in [9.17, 15) is 19.5 Å². The third kappa shape index (κ3) is 6.23. The van der Waals surface area contributed by atoms with E-state index in [2.05, 4.69) is 5.32 Å². The molecule has 1 aliphatic carbocycles. The molecule has 248 valence electrons. The van der Waals surface area contributed by atoms with Crippen molar-refractivity contribution in [1.29, 1.82) is 0 Å². The minimum atomic E-state index is -1.11. The molecule has 2 N–H and O–H groups in total. The molecule has 1 amide bonds. The molecule has 12 nitrogen and oxygen atoms in total. The van der Waals surface area contributed by atoms with E-state index >= 15 is 0 Å². The minimum absolute atomic E-state index is 0.119. The number of hydrogen-bond donors (Lipinski definition) is 2. The number of carbonyl (C=O) groups excluding carboxylic acids is 2. The number of fused-ring (bicyclic) bond motifs is 1. The number of allylic oxidation sites excluding steroid dienone is 1. The van der Waals surface area contributed by atoms with Gasteiger partial charge in [-0.15, -0.1) is 0 Å². The highest BCUT2D eigenvalue weighted by Crippen LogP contribution is 2.51. The Bertz CT molecular complexity index is 1680. The average Bonchev–Trinajstić information content (AvgIpc) is 3.23. The lowest BCUT2D eigenvalue weighted by Crippen LogP contribution is -2.38. The number of carbonyl (C=O) groups is 3. The quantitative estimate of drug-likeness (QED) is 0.273. The molecule has 5 rings (SSSR count). The summed E-state index contributed by atoms with van der Waals surface area (Å²) in [5.74, 6) is 0.375. The van der Waals surface area contributed by atoms with Gasteiger partial charge in [0.25, 0.3) is 0 Å². The summed E-state index contributed by atoms with van der Waals surface area (Å²) in [6, 6.07) is 13.4. The van der Waals surface area contributed by atoms with Gasteiger partial charge in [-0.2, -0.15) is 0 Å². The van der Waals surface area contributed by atoms with Crippen LogP contribution in [-0.4, -0.2) is 65.4 Å². The summed E-state index contributed by atoms with van der Waals surface area (Å²) in [5, 5.41) is 12.9. The molecule has 0 saturated heterocycles. The van der Waals surface area contributed by atoms with Crippen molar-refractivity contribution >= 4 is 29.0 Å². The fourth-order valence-electron chi connectivity index (χ4n) is 6.35. The summed E-state index contributed by atoms with van der Waals surface area (Å²) in [4.78, 5) is 41.6. The number of amides is 1. The number of anilines is 2. The van der Waals surface area contributed by atoms with Crippen molar-refractivity contribution in [2.24, 2.45) is 0 Å². The Morgan fingerprint density at radius 1 is 0.766 bits per heavy atom. The summed E-state index contributed by atoms with van der Waals surface area (Å²) < 4.78 is 33.5. The molecule has 2 aliphatic rings. The van der Waals surface area contributed by atoms with Crippen LogP contribution in [0.4, 0.5) is 11.4 Å². The molecule has 2 atom stereocenters. The zero-order valence-electron chi connectivity index (χ0n) is 27.2. The summed E-state index contributed by atoms with van der Waals surface area (Å²) >= 11 is 0. The second kappa shape index (κ2) is 13.9. The zero-order chi connectivity index (χ0) is 33.8. The predicted molar refractivity (Wildman–Crippen MR) is 173 cm³/mol. The third-order valence-corrected chi connectivity index (χ3v) is 8.47. The van der Waals surface area contributed by atoms with Crippen molar-refractivity contribution in [1.82, 2.24) is 0 Å². The second-order valence-electron chi connectivity index (χ2n) is 11.0. The number of nitrogens with zero attached hydrogens (tertiary/aromatic N) is 1. The molecule has 1 aliphatic heterocycles. The van der Waals surface area contributed by atoms with Gasteiger partial charge in [0, 0.05) is 24.1 Å². The molecule has 0 aromatic heterocycles. The molecule has 1 heterocycles. The molecular weight excluding hydrogens is 608 g/mol. The highest BCUT2D eigenvalue weighted by atomic mass is 16.5. The zero-order valence-corrected chi connectivity index (χ0v) is 27.2. The third-order valence-electron chi connectivity index (χ3n) is 8.47. The van der Waals surface area contributed by atoms with Crippen LogP contribution in [0.2, 0.25) is 0 Å². The molecule has 0 bridgehead atoms. The van der Waals surface area contributed by atoms with E-state index in [0.717, 1.165) is 5.56 Å². The van der Waals surface area contributed by atoms with E-state index < -0.39 is 17.9 Å². The average molecular weight is 647 g/mol. The number of benzene rings is 3. The molecule has 12 heteroatoms. The summed E-state index contributed by atoms with van der Waals surface area (Å²) in [7, 11) is 9.06. The van der Waals surface area contributed by atoms with Gasteiger partial charge in [0.2, 0.25) is 17.4 Å². The normalized spacial score (nSPS) is 17.1. The summed E-state index contributed by atoms with van der Waals surface area (Å²) in [6.45, 7) is 0. The number of methoxy groups -OCH3 is 6. The maximum Gasteiger partial charge on any atom is 0.303 e. The largest absolute Gasteiger partial charge is 0.493 e. The Morgan fingerprint density at radius 2 is 1.30 bits per heavy atom. The lowest BCUT2D eigenvalue weighted by atomic mass is 9.78. The van der Waals surface area contributed by atoms with Gasteiger partial charge in [0.1, 0.15) is 0 Å². The summed E-state index contributed by atoms with van der Waals surface area (Å²) in [6.07, 6.45) is -0.134. The molecule has 0 saturated carbocycles. The molecule has 0 unspecified atom stereocenters. The van der Waals surface area contributed by atoms with Gasteiger partial charge in [0.05, 0.1) is 66.5 Å². The van der Waals surface area contributed by atoms with Crippen molar-refractivity contribution in [2.45, 2.75) is 37.6 Å². The maximum absolute atomic E-state index is 14.5. The SMILES string of the molecule is COc1cc([C@H]2CC(=O)C3=C(C2)Nc2ccccc2N(C(=O)CCC(=O)O)[C@@H]3c2cc(OC)c(OC)c(OC)c2)cc(OC)c1OC. The van der Waals surface area contributed by atoms with Crippen LogP contribution in [0.5, 0.6) is 34.5 Å². The van der Waals surface area contributed by atoms with Crippen LogP contribution in [0.15, 0.2) is 59.8 Å². The van der Waals surface area contributed by atoms with Gasteiger partial charge < -0.3 is 38.8 Å². The number of nitrogens with one attached hydrogen (secondary N) is 1. The van der Waals surface area contributed by atoms with Crippen LogP contribution >= 0.6 is 0 Å². The standard InChI is InChI=1S/C35H38N2O10/c1-42-26-15-20(16-27(43-2)34(26)46-5)19-13-23-32(25(38)14-19)33(21-17-28(44-3)35(47-6)29(18-21)45-4)37(30(39)11-12-31(40)41)24-10-8-7-9-22(24)36-23/h7-10,15-19,33,36H,11-14H2,1-6H3,(H,40,41)/t19-,33-/m1/s1. The van der Waals surface area contributed by atoms with Crippen molar-refractivity contribution < 1.29 is 47.9 Å². The van der Waals surface area contributed by atoms with E-state index in [4.69, 9.17) is 28.4 Å². The molecule has 3 aromatic rings. The molecule has 0 radical (unpaired) electrons. The molecule has 0 fully saturated rings. The van der Waals surface area contributed by atoms with E-state index in [-0.39, 0.29) is 31.0 Å². The second-order valence-corrected chi connectivity index (χ2v) is 11.0. The molecule has 0 spiro atoms. The Hall–Kier alpha value is -5.39. The topological polar surface area (TPSA) is 142 Å². The number of rotatable bonds is 11. The number of carboxylic acid groups (broad SMARTS) is 1. The number of hydrogen-bond acceptors (Lipinski definition) is 10. The highest BCUT2D eigenvalue weighted by molar-refractivity contribution is 6.07. The Labute approximate surface area is 272 Å². The lowest BCUT2D eigenvalue weighted by molar-refractivity contribution is -0.138. The smallest absolute Gasteiger partial charge is 0.303 e. The Kier molecular flexibility index (Phi) is 9.78. The Morgan fingerprint density at radius 3 is 1.81 bits per heavy atom. The lowest BCUT2D eigenvalue weighted by Gasteiger charge is -2.35. The van der Waals surface area contributed by atoms with Crippen LogP contribution in [-0.2, 0) is 14.4 Å².